The Labute approximate surface area is 106 Å². The number of carboxylic acids is 1. The van der Waals surface area contributed by atoms with Gasteiger partial charge >= 0.3 is 5.97 Å². The van der Waals surface area contributed by atoms with Crippen LogP contribution in [0.3, 0.4) is 0 Å². The van der Waals surface area contributed by atoms with E-state index in [1.807, 2.05) is 0 Å². The zero-order chi connectivity index (χ0) is 13.6. The van der Waals surface area contributed by atoms with Gasteiger partial charge in [0.25, 0.3) is 5.56 Å². The average Bonchev–Trinajstić information content (AvgIpc) is 2.29. The Morgan fingerprint density at radius 1 is 1.44 bits per heavy atom. The second kappa shape index (κ2) is 4.10. The molecule has 0 fully saturated rings. The molecular weight excluding hydrogens is 261 g/mol. The summed E-state index contributed by atoms with van der Waals surface area (Å²) in [5.41, 5.74) is 0.207. The minimum atomic E-state index is -1.34. The zero-order valence-corrected chi connectivity index (χ0v) is 10.4. The van der Waals surface area contributed by atoms with Crippen molar-refractivity contribution in [3.05, 3.63) is 50.1 Å². The average molecular weight is 270 g/mol. The summed E-state index contributed by atoms with van der Waals surface area (Å²) in [5.74, 6) is -2.10. The van der Waals surface area contributed by atoms with Crippen molar-refractivity contribution in [2.45, 2.75) is 13.8 Å². The minimum absolute atomic E-state index is 0.0689. The van der Waals surface area contributed by atoms with Crippen LogP contribution in [0, 0.1) is 19.7 Å². The maximum Gasteiger partial charge on any atom is 0.341 e. The molecule has 0 spiro atoms. The van der Waals surface area contributed by atoms with Crippen molar-refractivity contribution in [1.82, 2.24) is 4.40 Å². The maximum absolute atomic E-state index is 13.5. The van der Waals surface area contributed by atoms with Crippen LogP contribution in [-0.2, 0) is 0 Å². The number of aromatic carboxylic acids is 1. The van der Waals surface area contributed by atoms with Gasteiger partial charge in [0.2, 0.25) is 0 Å². The van der Waals surface area contributed by atoms with Gasteiger partial charge in [0.15, 0.2) is 5.82 Å². The summed E-state index contributed by atoms with van der Waals surface area (Å²) >= 11 is 5.78. The van der Waals surface area contributed by atoms with Crippen LogP contribution >= 0.6 is 11.6 Å². The van der Waals surface area contributed by atoms with Crippen LogP contribution in [0.5, 0.6) is 0 Å². The van der Waals surface area contributed by atoms with Gasteiger partial charge in [-0.1, -0.05) is 11.6 Å². The highest BCUT2D eigenvalue weighted by molar-refractivity contribution is 6.32. The van der Waals surface area contributed by atoms with Crippen LogP contribution in [0.15, 0.2) is 17.1 Å². The van der Waals surface area contributed by atoms with Gasteiger partial charge in [-0.3, -0.25) is 9.20 Å². The molecule has 0 radical (unpaired) electrons. The van der Waals surface area contributed by atoms with E-state index in [0.29, 0.717) is 16.6 Å². The molecule has 2 aromatic heterocycles. The highest BCUT2D eigenvalue weighted by Gasteiger charge is 2.17. The molecule has 2 rings (SSSR count). The fraction of sp³-hybridized carbons (Fsp3) is 0.167. The Kier molecular flexibility index (Phi) is 2.86. The third-order valence-electron chi connectivity index (χ3n) is 2.79. The molecule has 0 aliphatic carbocycles. The number of nitrogens with zero attached hydrogens (tertiary/aromatic N) is 1. The number of aryl methyl sites for hydroxylation is 2. The van der Waals surface area contributed by atoms with E-state index < -0.39 is 22.9 Å². The summed E-state index contributed by atoms with van der Waals surface area (Å²) in [5, 5.41) is 8.84. The molecule has 0 amide bonds. The van der Waals surface area contributed by atoms with E-state index in [1.54, 1.807) is 13.8 Å². The van der Waals surface area contributed by atoms with Crippen LogP contribution in [0.1, 0.15) is 21.5 Å². The number of carbonyl (C=O) groups is 1. The molecule has 0 saturated heterocycles. The Balaban J connectivity index is 3.08. The van der Waals surface area contributed by atoms with Crippen LogP contribution in [-0.4, -0.2) is 15.5 Å². The van der Waals surface area contributed by atoms with Crippen molar-refractivity contribution >= 4 is 23.1 Å². The molecule has 4 nitrogen and oxygen atoms in total. The van der Waals surface area contributed by atoms with Crippen molar-refractivity contribution in [1.29, 1.82) is 0 Å². The van der Waals surface area contributed by atoms with Gasteiger partial charge in [-0.2, -0.15) is 0 Å². The Hall–Kier alpha value is -1.88. The van der Waals surface area contributed by atoms with Crippen LogP contribution in [0.4, 0.5) is 4.39 Å². The third kappa shape index (κ3) is 1.67. The molecule has 0 saturated carbocycles. The molecule has 1 N–H and O–H groups in total. The van der Waals surface area contributed by atoms with Gasteiger partial charge in [-0.25, -0.2) is 9.18 Å². The first-order chi connectivity index (χ1) is 8.34. The maximum atomic E-state index is 13.5. The quantitative estimate of drug-likeness (QED) is 0.865. The smallest absolute Gasteiger partial charge is 0.341 e. The Morgan fingerprint density at radius 3 is 2.61 bits per heavy atom. The van der Waals surface area contributed by atoms with E-state index in [9.17, 15) is 14.0 Å². The van der Waals surface area contributed by atoms with Gasteiger partial charge in [0.05, 0.1) is 10.5 Å². The predicted molar refractivity (Wildman–Crippen MR) is 65.1 cm³/mol. The summed E-state index contributed by atoms with van der Waals surface area (Å²) in [7, 11) is 0. The summed E-state index contributed by atoms with van der Waals surface area (Å²) in [6.45, 7) is 3.22. The molecule has 0 aliphatic rings. The molecule has 18 heavy (non-hydrogen) atoms. The number of aromatic nitrogens is 1. The molecule has 94 valence electrons. The van der Waals surface area contributed by atoms with E-state index in [0.717, 1.165) is 10.6 Å². The topological polar surface area (TPSA) is 58.8 Å². The lowest BCUT2D eigenvalue weighted by Gasteiger charge is -2.11. The van der Waals surface area contributed by atoms with E-state index in [1.165, 1.54) is 6.07 Å². The second-order valence-corrected chi connectivity index (χ2v) is 4.36. The van der Waals surface area contributed by atoms with Crippen molar-refractivity contribution < 1.29 is 14.3 Å². The predicted octanol–water partition coefficient (Wildman–Crippen LogP) is 2.41. The largest absolute Gasteiger partial charge is 0.477 e. The number of hydrogen-bond donors (Lipinski definition) is 1. The lowest BCUT2D eigenvalue weighted by molar-refractivity contribution is 0.0694. The highest BCUT2D eigenvalue weighted by atomic mass is 35.5. The standard InChI is InChI=1S/C12H9ClFNO3/c1-5-3-7(12(17)18)11(16)15-4-8(14)9(13)6(2)10(5)15/h3-4H,1-2H3,(H,17,18). The first-order valence-corrected chi connectivity index (χ1v) is 5.46. The number of pyridine rings is 2. The molecule has 0 unspecified atom stereocenters. The van der Waals surface area contributed by atoms with Crippen LogP contribution in [0.2, 0.25) is 5.02 Å². The SMILES string of the molecule is Cc1cc(C(=O)O)c(=O)n2cc(F)c(Cl)c(C)c12. The third-order valence-corrected chi connectivity index (χ3v) is 3.26. The van der Waals surface area contributed by atoms with Crippen molar-refractivity contribution in [2.75, 3.05) is 0 Å². The minimum Gasteiger partial charge on any atom is -0.477 e. The highest BCUT2D eigenvalue weighted by Crippen LogP contribution is 2.25. The fourth-order valence-corrected chi connectivity index (χ4v) is 2.11. The molecule has 0 aromatic carbocycles. The van der Waals surface area contributed by atoms with Gasteiger partial charge in [-0.15, -0.1) is 0 Å². The van der Waals surface area contributed by atoms with Gasteiger partial charge in [0.1, 0.15) is 5.56 Å². The van der Waals surface area contributed by atoms with Crippen molar-refractivity contribution in [3.8, 4) is 0 Å². The van der Waals surface area contributed by atoms with E-state index in [-0.39, 0.29) is 5.02 Å². The molecule has 2 heterocycles. The Morgan fingerprint density at radius 2 is 2.06 bits per heavy atom. The molecule has 6 heteroatoms. The van der Waals surface area contributed by atoms with Crippen molar-refractivity contribution in [3.63, 3.8) is 0 Å². The summed E-state index contributed by atoms with van der Waals surface area (Å²) in [6.07, 6.45) is 0.909. The van der Waals surface area contributed by atoms with Gasteiger partial charge < -0.3 is 5.11 Å². The molecule has 0 aliphatic heterocycles. The number of halogens is 2. The second-order valence-electron chi connectivity index (χ2n) is 3.99. The zero-order valence-electron chi connectivity index (χ0n) is 9.62. The number of fused-ring (bicyclic) bond motifs is 1. The Bertz CT molecular complexity index is 736. The summed E-state index contributed by atoms with van der Waals surface area (Å²) < 4.78 is 14.5. The van der Waals surface area contributed by atoms with Crippen molar-refractivity contribution in [2.24, 2.45) is 0 Å². The first-order valence-electron chi connectivity index (χ1n) is 5.08. The van der Waals surface area contributed by atoms with Gasteiger partial charge in [-0.05, 0) is 31.0 Å². The molecule has 0 bridgehead atoms. The van der Waals surface area contributed by atoms with E-state index >= 15 is 0 Å². The molecular formula is C12H9ClFNO3. The lowest BCUT2D eigenvalue weighted by atomic mass is 10.1. The van der Waals surface area contributed by atoms with Crippen LogP contribution < -0.4 is 5.56 Å². The van der Waals surface area contributed by atoms with Gasteiger partial charge in [0, 0.05) is 6.20 Å². The summed E-state index contributed by atoms with van der Waals surface area (Å²) in [4.78, 5) is 22.8. The van der Waals surface area contributed by atoms with E-state index in [2.05, 4.69) is 0 Å². The number of carboxylic acid groups (broad SMARTS) is 1. The summed E-state index contributed by atoms with van der Waals surface area (Å²) in [6, 6.07) is 1.27. The lowest BCUT2D eigenvalue weighted by Crippen LogP contribution is -2.23. The van der Waals surface area contributed by atoms with Crippen LogP contribution in [0.25, 0.3) is 5.52 Å². The first kappa shape index (κ1) is 12.6. The molecule has 2 aromatic rings. The van der Waals surface area contributed by atoms with E-state index in [4.69, 9.17) is 16.7 Å². The molecule has 0 atom stereocenters. The monoisotopic (exact) mass is 269 g/mol. The number of hydrogen-bond acceptors (Lipinski definition) is 2. The fourth-order valence-electron chi connectivity index (χ4n) is 1.97. The number of rotatable bonds is 1. The normalized spacial score (nSPS) is 10.9.